The minimum absolute atomic E-state index is 0.0919. The molecule has 30 heavy (non-hydrogen) atoms. The maximum absolute atomic E-state index is 12.5. The highest BCUT2D eigenvalue weighted by atomic mass is 16.5. The molecule has 1 amide bonds. The van der Waals surface area contributed by atoms with Crippen LogP contribution in [0.25, 0.3) is 0 Å². The molecular formula is C25H39NO4. The van der Waals surface area contributed by atoms with Gasteiger partial charge in [0.15, 0.2) is 5.78 Å². The molecule has 0 fully saturated rings. The zero-order chi connectivity index (χ0) is 22.2. The number of benzene rings is 1. The van der Waals surface area contributed by atoms with Crippen LogP contribution in [-0.2, 0) is 14.3 Å². The molecule has 0 saturated heterocycles. The van der Waals surface area contributed by atoms with Crippen LogP contribution >= 0.6 is 0 Å². The van der Waals surface area contributed by atoms with Gasteiger partial charge < -0.3 is 10.1 Å². The molecule has 1 rings (SSSR count). The van der Waals surface area contributed by atoms with E-state index in [1.54, 1.807) is 19.1 Å². The lowest BCUT2D eigenvalue weighted by Gasteiger charge is -2.17. The quantitative estimate of drug-likeness (QED) is 0.218. The summed E-state index contributed by atoms with van der Waals surface area (Å²) < 4.78 is 5.05. The van der Waals surface area contributed by atoms with Crippen LogP contribution in [0.5, 0.6) is 0 Å². The van der Waals surface area contributed by atoms with Gasteiger partial charge in [-0.3, -0.25) is 9.59 Å². The van der Waals surface area contributed by atoms with Gasteiger partial charge in [-0.25, -0.2) is 4.79 Å². The van der Waals surface area contributed by atoms with Gasteiger partial charge >= 0.3 is 5.97 Å². The number of rotatable bonds is 16. The smallest absolute Gasteiger partial charge is 0.329 e. The summed E-state index contributed by atoms with van der Waals surface area (Å²) in [6.45, 7) is 6.08. The average Bonchev–Trinajstić information content (AvgIpc) is 2.72. The molecule has 0 bridgehead atoms. The minimum atomic E-state index is -0.940. The Balaban J connectivity index is 2.40. The van der Waals surface area contributed by atoms with E-state index < -0.39 is 12.0 Å². The number of carbonyl (C=O) groups excluding carboxylic acids is 3. The lowest BCUT2D eigenvalue weighted by atomic mass is 10.0. The molecule has 0 heterocycles. The highest BCUT2D eigenvalue weighted by molar-refractivity contribution is 5.99. The molecule has 5 heteroatoms. The summed E-state index contributed by atoms with van der Waals surface area (Å²) in [7, 11) is 0. The molecule has 168 valence electrons. The van der Waals surface area contributed by atoms with E-state index in [0.717, 1.165) is 24.8 Å². The number of hydrogen-bond acceptors (Lipinski definition) is 4. The number of esters is 1. The zero-order valence-corrected chi connectivity index (χ0v) is 19.0. The number of ketones is 1. The first-order chi connectivity index (χ1) is 14.5. The Morgan fingerprint density at radius 2 is 1.43 bits per heavy atom. The van der Waals surface area contributed by atoms with Crippen molar-refractivity contribution in [2.45, 2.75) is 97.4 Å². The van der Waals surface area contributed by atoms with Crippen LogP contribution in [0.1, 0.15) is 100 Å². The first-order valence-electron chi connectivity index (χ1n) is 11.5. The predicted octanol–water partition coefficient (Wildman–Crippen LogP) is 5.54. The summed E-state index contributed by atoms with van der Waals surface area (Å²) in [6, 6.07) is 6.25. The fourth-order valence-electron chi connectivity index (χ4n) is 3.34. The molecule has 1 aromatic carbocycles. The SMILES string of the molecule is CCCCCCCCCCCC(=O)NC(CC(=O)c1ccc(C)cc1)C(=O)OCC. The molecule has 1 unspecified atom stereocenters. The van der Waals surface area contributed by atoms with Gasteiger partial charge in [-0.2, -0.15) is 0 Å². The monoisotopic (exact) mass is 417 g/mol. The number of nitrogens with one attached hydrogen (secondary N) is 1. The lowest BCUT2D eigenvalue weighted by molar-refractivity contribution is -0.147. The summed E-state index contributed by atoms with van der Waals surface area (Å²) >= 11 is 0. The Kier molecular flexibility index (Phi) is 13.5. The molecule has 0 aliphatic carbocycles. The van der Waals surface area contributed by atoms with Crippen molar-refractivity contribution in [2.75, 3.05) is 6.61 Å². The second-order valence-electron chi connectivity index (χ2n) is 7.94. The zero-order valence-electron chi connectivity index (χ0n) is 19.0. The van der Waals surface area contributed by atoms with E-state index in [1.807, 2.05) is 19.1 Å². The number of Topliss-reactive ketones (excluding diaryl/α,β-unsaturated/α-hetero) is 1. The maximum atomic E-state index is 12.5. The van der Waals surface area contributed by atoms with Crippen molar-refractivity contribution < 1.29 is 19.1 Å². The lowest BCUT2D eigenvalue weighted by Crippen LogP contribution is -2.43. The Morgan fingerprint density at radius 1 is 0.867 bits per heavy atom. The number of aryl methyl sites for hydroxylation is 1. The van der Waals surface area contributed by atoms with Gasteiger partial charge in [0.2, 0.25) is 5.91 Å². The highest BCUT2D eigenvalue weighted by Gasteiger charge is 2.25. The van der Waals surface area contributed by atoms with Gasteiger partial charge in [-0.05, 0) is 20.3 Å². The first-order valence-corrected chi connectivity index (χ1v) is 11.5. The Morgan fingerprint density at radius 3 is 2.00 bits per heavy atom. The van der Waals surface area contributed by atoms with Crippen LogP contribution in [-0.4, -0.2) is 30.3 Å². The summed E-state index contributed by atoms with van der Waals surface area (Å²) in [5.41, 5.74) is 1.59. The fourth-order valence-corrected chi connectivity index (χ4v) is 3.34. The molecule has 1 aromatic rings. The molecule has 5 nitrogen and oxygen atoms in total. The molecule has 0 aromatic heterocycles. The molecule has 1 N–H and O–H groups in total. The van der Waals surface area contributed by atoms with Crippen LogP contribution in [0.4, 0.5) is 0 Å². The standard InChI is InChI=1S/C25H39NO4/c1-4-6-7-8-9-10-11-12-13-14-24(28)26-22(25(29)30-5-2)19-23(27)21-17-15-20(3)16-18-21/h15-18,22H,4-14,19H2,1-3H3,(H,26,28). The van der Waals surface area contributed by atoms with Crippen molar-refractivity contribution in [1.82, 2.24) is 5.32 Å². The van der Waals surface area contributed by atoms with Gasteiger partial charge in [0, 0.05) is 18.4 Å². The van der Waals surface area contributed by atoms with Gasteiger partial charge in [0.05, 0.1) is 6.61 Å². The van der Waals surface area contributed by atoms with Crippen LogP contribution < -0.4 is 5.32 Å². The number of unbranched alkanes of at least 4 members (excludes halogenated alkanes) is 8. The van der Waals surface area contributed by atoms with Crippen LogP contribution in [0, 0.1) is 6.92 Å². The van der Waals surface area contributed by atoms with Crippen LogP contribution in [0.15, 0.2) is 24.3 Å². The third-order valence-electron chi connectivity index (χ3n) is 5.18. The number of amides is 1. The summed E-state index contributed by atoms with van der Waals surface area (Å²) in [5, 5.41) is 2.70. The number of carbonyl (C=O) groups is 3. The molecule has 1 atom stereocenters. The van der Waals surface area contributed by atoms with Crippen molar-refractivity contribution in [3.8, 4) is 0 Å². The van der Waals surface area contributed by atoms with Crippen molar-refractivity contribution >= 4 is 17.7 Å². The van der Waals surface area contributed by atoms with Crippen molar-refractivity contribution in [1.29, 1.82) is 0 Å². The Hall–Kier alpha value is -2.17. The van der Waals surface area contributed by atoms with Gasteiger partial charge in [-0.1, -0.05) is 88.1 Å². The molecule has 0 aliphatic heterocycles. The summed E-state index contributed by atoms with van der Waals surface area (Å²) in [4.78, 5) is 37.1. The van der Waals surface area contributed by atoms with Gasteiger partial charge in [0.25, 0.3) is 0 Å². The van der Waals surface area contributed by atoms with E-state index >= 15 is 0 Å². The Labute approximate surface area is 182 Å². The Bertz CT molecular complexity index is 639. The predicted molar refractivity (Wildman–Crippen MR) is 121 cm³/mol. The number of ether oxygens (including phenoxy) is 1. The molecule has 0 saturated carbocycles. The van der Waals surface area contributed by atoms with E-state index in [1.165, 1.54) is 38.5 Å². The normalized spacial score (nSPS) is 11.7. The topological polar surface area (TPSA) is 72.5 Å². The van der Waals surface area contributed by atoms with E-state index in [4.69, 9.17) is 4.74 Å². The van der Waals surface area contributed by atoms with Crippen LogP contribution in [0.2, 0.25) is 0 Å². The van der Waals surface area contributed by atoms with E-state index in [-0.39, 0.29) is 24.7 Å². The molecular weight excluding hydrogens is 378 g/mol. The van der Waals surface area contributed by atoms with Crippen molar-refractivity contribution in [3.63, 3.8) is 0 Å². The van der Waals surface area contributed by atoms with E-state index in [0.29, 0.717) is 12.0 Å². The maximum Gasteiger partial charge on any atom is 0.329 e. The van der Waals surface area contributed by atoms with E-state index in [9.17, 15) is 14.4 Å². The van der Waals surface area contributed by atoms with E-state index in [2.05, 4.69) is 12.2 Å². The third kappa shape index (κ3) is 11.1. The summed E-state index contributed by atoms with van der Waals surface area (Å²) in [5.74, 6) is -0.942. The highest BCUT2D eigenvalue weighted by Crippen LogP contribution is 2.12. The molecule has 0 radical (unpaired) electrons. The second kappa shape index (κ2) is 15.6. The minimum Gasteiger partial charge on any atom is -0.464 e. The first kappa shape index (κ1) is 25.9. The summed E-state index contributed by atoms with van der Waals surface area (Å²) in [6.07, 6.45) is 10.9. The van der Waals surface area contributed by atoms with Crippen molar-refractivity contribution in [2.24, 2.45) is 0 Å². The van der Waals surface area contributed by atoms with Gasteiger partial charge in [0.1, 0.15) is 6.04 Å². The average molecular weight is 418 g/mol. The second-order valence-corrected chi connectivity index (χ2v) is 7.94. The van der Waals surface area contributed by atoms with Crippen LogP contribution in [0.3, 0.4) is 0 Å². The molecule has 0 aliphatic rings. The fraction of sp³-hybridized carbons (Fsp3) is 0.640. The number of hydrogen-bond donors (Lipinski definition) is 1. The third-order valence-corrected chi connectivity index (χ3v) is 5.18. The molecule has 0 spiro atoms. The largest absolute Gasteiger partial charge is 0.464 e. The van der Waals surface area contributed by atoms with Crippen molar-refractivity contribution in [3.05, 3.63) is 35.4 Å². The van der Waals surface area contributed by atoms with Gasteiger partial charge in [-0.15, -0.1) is 0 Å².